The molecule has 0 fully saturated rings. The molecule has 0 rings (SSSR count). The minimum absolute atomic E-state index is 0.0330. The molecule has 340 valence electrons. The quantitative estimate of drug-likeness (QED) is 0.0358. The summed E-state index contributed by atoms with van der Waals surface area (Å²) in [6.45, 7) is 11.2. The topological polar surface area (TPSA) is 105 Å². The smallest absolute Gasteiger partial charge is 0.306 e. The van der Waals surface area contributed by atoms with Gasteiger partial charge >= 0.3 is 5.97 Å². The zero-order valence-corrected chi connectivity index (χ0v) is 38.6. The number of hydrogen-bond acceptors (Lipinski definition) is 6. The van der Waals surface area contributed by atoms with E-state index < -0.39 is 0 Å². The van der Waals surface area contributed by atoms with E-state index in [0.29, 0.717) is 19.4 Å². The van der Waals surface area contributed by atoms with E-state index in [4.69, 9.17) is 19.4 Å². The molecule has 0 spiro atoms. The second kappa shape index (κ2) is 50.5. The van der Waals surface area contributed by atoms with Gasteiger partial charge in [0.15, 0.2) is 0 Å². The Labute approximate surface area is 354 Å². The molecule has 8 nitrogen and oxygen atoms in total. The third-order valence-corrected chi connectivity index (χ3v) is 11.2. The van der Waals surface area contributed by atoms with Gasteiger partial charge in [-0.15, -0.1) is 0 Å². The van der Waals surface area contributed by atoms with Crippen molar-refractivity contribution in [1.82, 2.24) is 10.2 Å². The van der Waals surface area contributed by atoms with E-state index in [9.17, 15) is 9.59 Å². The average molecular weight is 811 g/mol. The Hall–Kier alpha value is -1.67. The van der Waals surface area contributed by atoms with Crippen LogP contribution < -0.4 is 5.32 Å². The normalized spacial score (nSPS) is 11.2. The van der Waals surface area contributed by atoms with Gasteiger partial charge in [0.2, 0.25) is 5.91 Å². The van der Waals surface area contributed by atoms with Gasteiger partial charge < -0.3 is 24.8 Å². The summed E-state index contributed by atoms with van der Waals surface area (Å²) in [6, 6.07) is 0. The van der Waals surface area contributed by atoms with E-state index in [1.165, 1.54) is 193 Å². The summed E-state index contributed by atoms with van der Waals surface area (Å²) in [5.41, 5.74) is 0. The number of ether oxygens (including phenoxy) is 2. The Balaban J connectivity index is 0. The maximum Gasteiger partial charge on any atom is 0.306 e. The summed E-state index contributed by atoms with van der Waals surface area (Å²) in [4.78, 5) is 35.8. The van der Waals surface area contributed by atoms with Crippen molar-refractivity contribution in [3.63, 3.8) is 0 Å². The average Bonchev–Trinajstić information content (AvgIpc) is 3.20. The van der Waals surface area contributed by atoms with Crippen molar-refractivity contribution in [1.29, 1.82) is 0 Å². The second-order valence-corrected chi connectivity index (χ2v) is 16.7. The van der Waals surface area contributed by atoms with Gasteiger partial charge in [-0.3, -0.25) is 14.4 Å². The van der Waals surface area contributed by atoms with Crippen LogP contribution >= 0.6 is 0 Å². The molecule has 57 heavy (non-hydrogen) atoms. The van der Waals surface area contributed by atoms with Crippen molar-refractivity contribution in [2.24, 2.45) is 0 Å². The van der Waals surface area contributed by atoms with Gasteiger partial charge in [0.25, 0.3) is 6.47 Å². The number of carbonyl (C=O) groups is 3. The summed E-state index contributed by atoms with van der Waals surface area (Å²) in [6.07, 6.45) is 44.9. The fraction of sp³-hybridized carbons (Fsp3) is 0.939. The monoisotopic (exact) mass is 811 g/mol. The lowest BCUT2D eigenvalue weighted by Gasteiger charge is -2.22. The van der Waals surface area contributed by atoms with E-state index in [1.807, 2.05) is 0 Å². The largest absolute Gasteiger partial charge is 0.483 e. The minimum atomic E-state index is -0.250. The molecule has 0 atom stereocenters. The Morgan fingerprint density at radius 1 is 0.526 bits per heavy atom. The lowest BCUT2D eigenvalue weighted by atomic mass is 10.0. The van der Waals surface area contributed by atoms with E-state index >= 15 is 0 Å². The number of methoxy groups -OCH3 is 1. The number of carboxylic acid groups (broad SMARTS) is 1. The number of rotatable bonds is 45. The molecule has 0 aromatic heterocycles. The first-order chi connectivity index (χ1) is 28.0. The first-order valence-corrected chi connectivity index (χ1v) is 24.7. The molecule has 0 saturated carbocycles. The maximum atomic E-state index is 12.8. The van der Waals surface area contributed by atoms with Crippen molar-refractivity contribution in [3.8, 4) is 0 Å². The molecular weight excluding hydrogens is 713 g/mol. The van der Waals surface area contributed by atoms with Crippen molar-refractivity contribution >= 4 is 18.3 Å². The van der Waals surface area contributed by atoms with E-state index in [1.54, 1.807) is 7.11 Å². The Morgan fingerprint density at radius 3 is 1.28 bits per heavy atom. The van der Waals surface area contributed by atoms with Crippen LogP contribution in [0.15, 0.2) is 0 Å². The standard InChI is InChI=1S/C48H96N2O4.CH2O2/c1-5-8-11-14-17-18-19-20-21-22-23-24-29-34-42-50(44-36-41-49-47(51)40-45-53-4)43-35-30-25-28-33-39-48(52)54-46(37-31-26-15-12-9-6-2)38-32-27-16-13-10-7-3;2-1-3/h46H,5-45H2,1-4H3,(H,49,51);1H,(H,2,3). The van der Waals surface area contributed by atoms with Crippen LogP contribution in [0.3, 0.4) is 0 Å². The van der Waals surface area contributed by atoms with E-state index in [0.717, 1.165) is 51.7 Å². The van der Waals surface area contributed by atoms with Crippen LogP contribution in [0.25, 0.3) is 0 Å². The predicted molar refractivity (Wildman–Crippen MR) is 243 cm³/mol. The number of carbonyl (C=O) groups excluding carboxylic acids is 2. The zero-order valence-electron chi connectivity index (χ0n) is 38.6. The zero-order chi connectivity index (χ0) is 42.1. The van der Waals surface area contributed by atoms with Crippen molar-refractivity contribution in [2.45, 2.75) is 258 Å². The van der Waals surface area contributed by atoms with Crippen LogP contribution in [0.1, 0.15) is 252 Å². The van der Waals surface area contributed by atoms with Gasteiger partial charge in [-0.05, 0) is 71.0 Å². The first kappa shape index (κ1) is 57.4. The summed E-state index contributed by atoms with van der Waals surface area (Å²) in [5.74, 6) is 0.121. The molecule has 0 bridgehead atoms. The summed E-state index contributed by atoms with van der Waals surface area (Å²) < 4.78 is 11.1. The summed E-state index contributed by atoms with van der Waals surface area (Å²) in [7, 11) is 1.64. The van der Waals surface area contributed by atoms with Crippen molar-refractivity contribution < 1.29 is 29.0 Å². The lowest BCUT2D eigenvalue weighted by molar-refractivity contribution is -0.150. The Bertz CT molecular complexity index is 797. The van der Waals surface area contributed by atoms with Crippen LogP contribution in [0.5, 0.6) is 0 Å². The van der Waals surface area contributed by atoms with Crippen molar-refractivity contribution in [2.75, 3.05) is 39.9 Å². The highest BCUT2D eigenvalue weighted by atomic mass is 16.5. The van der Waals surface area contributed by atoms with Crippen LogP contribution in [0.2, 0.25) is 0 Å². The number of nitrogens with one attached hydrogen (secondary N) is 1. The number of esters is 1. The molecule has 0 aromatic rings. The molecule has 0 saturated heterocycles. The molecule has 0 aliphatic rings. The van der Waals surface area contributed by atoms with Gasteiger partial charge in [0, 0.05) is 26.5 Å². The molecule has 0 aliphatic carbocycles. The molecule has 0 aliphatic heterocycles. The molecule has 2 N–H and O–H groups in total. The molecule has 0 unspecified atom stereocenters. The van der Waals surface area contributed by atoms with Gasteiger partial charge in [0.05, 0.1) is 6.61 Å². The number of hydrogen-bond donors (Lipinski definition) is 2. The van der Waals surface area contributed by atoms with Gasteiger partial charge in [-0.2, -0.15) is 0 Å². The van der Waals surface area contributed by atoms with E-state index in [2.05, 4.69) is 31.0 Å². The number of unbranched alkanes of at least 4 members (excludes halogenated alkanes) is 27. The van der Waals surface area contributed by atoms with Gasteiger partial charge in [-0.25, -0.2) is 0 Å². The molecule has 0 heterocycles. The Morgan fingerprint density at radius 2 is 0.877 bits per heavy atom. The minimum Gasteiger partial charge on any atom is -0.483 e. The maximum absolute atomic E-state index is 12.8. The third-order valence-electron chi connectivity index (χ3n) is 11.2. The molecule has 0 radical (unpaired) electrons. The van der Waals surface area contributed by atoms with Crippen molar-refractivity contribution in [3.05, 3.63) is 0 Å². The lowest BCUT2D eigenvalue weighted by Crippen LogP contribution is -2.31. The molecular formula is C49H98N2O6. The highest BCUT2D eigenvalue weighted by Crippen LogP contribution is 2.19. The first-order valence-electron chi connectivity index (χ1n) is 24.7. The Kier molecular flexibility index (Phi) is 50.8. The fourth-order valence-electron chi connectivity index (χ4n) is 7.63. The van der Waals surface area contributed by atoms with Crippen LogP contribution in [-0.2, 0) is 23.9 Å². The highest BCUT2D eigenvalue weighted by Gasteiger charge is 2.14. The van der Waals surface area contributed by atoms with Gasteiger partial charge in [0.1, 0.15) is 6.10 Å². The molecule has 0 aromatic carbocycles. The molecule has 1 amide bonds. The molecule has 8 heteroatoms. The summed E-state index contributed by atoms with van der Waals surface area (Å²) in [5, 5.41) is 9.95. The van der Waals surface area contributed by atoms with Crippen LogP contribution in [-0.4, -0.2) is 74.4 Å². The fourth-order valence-corrected chi connectivity index (χ4v) is 7.63. The van der Waals surface area contributed by atoms with Crippen LogP contribution in [0.4, 0.5) is 0 Å². The predicted octanol–water partition coefficient (Wildman–Crippen LogP) is 13.8. The number of nitrogens with zero attached hydrogens (tertiary/aromatic N) is 1. The third kappa shape index (κ3) is 48.6. The second-order valence-electron chi connectivity index (χ2n) is 16.7. The highest BCUT2D eigenvalue weighted by molar-refractivity contribution is 5.75. The summed E-state index contributed by atoms with van der Waals surface area (Å²) >= 11 is 0. The SMILES string of the molecule is CCCCCCCCCCCCCCCCN(CCCCCCCC(=O)OC(CCCCCCCC)CCCCCCCC)CCCNC(=O)CCOC.O=CO. The van der Waals surface area contributed by atoms with Gasteiger partial charge in [-0.1, -0.05) is 188 Å². The van der Waals surface area contributed by atoms with Crippen LogP contribution in [0, 0.1) is 0 Å². The number of amides is 1. The van der Waals surface area contributed by atoms with E-state index in [-0.39, 0.29) is 24.5 Å².